The molecule has 0 spiro atoms. The molecule has 0 aliphatic carbocycles. The van der Waals surface area contributed by atoms with Gasteiger partial charge >= 0.3 is 0 Å². The lowest BCUT2D eigenvalue weighted by atomic mass is 9.90. The highest BCUT2D eigenvalue weighted by Crippen LogP contribution is 2.31. The molecule has 0 amide bonds. The Bertz CT molecular complexity index is 207. The number of alkyl halides is 3. The Balaban J connectivity index is 3.92. The first-order chi connectivity index (χ1) is 7.18. The van der Waals surface area contributed by atoms with Gasteiger partial charge in [0.15, 0.2) is 0 Å². The Morgan fingerprint density at radius 3 is 2.19 bits per heavy atom. The molecule has 0 aromatic carbocycles. The van der Waals surface area contributed by atoms with Gasteiger partial charge in [-0.25, -0.2) is 13.2 Å². The second-order valence-electron chi connectivity index (χ2n) is 5.21. The fourth-order valence-corrected chi connectivity index (χ4v) is 1.98. The first-order valence-electron chi connectivity index (χ1n) is 5.86. The van der Waals surface area contributed by atoms with Crippen molar-refractivity contribution in [3.05, 3.63) is 12.7 Å². The highest BCUT2D eigenvalue weighted by molar-refractivity contribution is 4.81. The second kappa shape index (κ2) is 6.31. The molecule has 0 radical (unpaired) electrons. The van der Waals surface area contributed by atoms with Crippen LogP contribution in [0.15, 0.2) is 12.7 Å². The molecule has 0 saturated heterocycles. The fraction of sp³-hybridized carbons (Fsp3) is 0.846. The zero-order valence-corrected chi connectivity index (χ0v) is 10.5. The Labute approximate surface area is 96.9 Å². The summed E-state index contributed by atoms with van der Waals surface area (Å²) in [5, 5.41) is 0. The van der Waals surface area contributed by atoms with E-state index in [2.05, 4.69) is 6.58 Å². The van der Waals surface area contributed by atoms with Crippen molar-refractivity contribution in [2.45, 2.75) is 64.5 Å². The molecule has 3 heteroatoms. The van der Waals surface area contributed by atoms with Crippen LogP contribution in [0.1, 0.15) is 52.9 Å². The summed E-state index contributed by atoms with van der Waals surface area (Å²) in [5.74, 6) is -2.47. The van der Waals surface area contributed by atoms with Crippen LogP contribution in [0.2, 0.25) is 0 Å². The van der Waals surface area contributed by atoms with Gasteiger partial charge < -0.3 is 0 Å². The third kappa shape index (κ3) is 7.77. The standard InChI is InChI=1S/C13H23F3/c1-5-7-13(15,16)9-6-8-12(4,14)10-11(2)3/h5,11H,1,6-10H2,2-4H3. The Morgan fingerprint density at radius 1 is 1.19 bits per heavy atom. The van der Waals surface area contributed by atoms with Crippen molar-refractivity contribution in [1.82, 2.24) is 0 Å². The van der Waals surface area contributed by atoms with E-state index in [0.717, 1.165) is 0 Å². The van der Waals surface area contributed by atoms with E-state index in [-0.39, 0.29) is 31.6 Å². The quantitative estimate of drug-likeness (QED) is 0.512. The molecule has 0 aliphatic rings. The average Bonchev–Trinajstić information content (AvgIpc) is 1.99. The van der Waals surface area contributed by atoms with E-state index in [0.29, 0.717) is 6.42 Å². The molecule has 1 unspecified atom stereocenters. The number of hydrogen-bond donors (Lipinski definition) is 0. The molecule has 0 bridgehead atoms. The maximum absolute atomic E-state index is 13.8. The first kappa shape index (κ1) is 15.5. The molecule has 1 atom stereocenters. The molecule has 0 aromatic heterocycles. The van der Waals surface area contributed by atoms with E-state index < -0.39 is 11.6 Å². The molecule has 16 heavy (non-hydrogen) atoms. The van der Waals surface area contributed by atoms with Gasteiger partial charge in [-0.05, 0) is 32.1 Å². The van der Waals surface area contributed by atoms with Gasteiger partial charge in [0, 0.05) is 12.8 Å². The van der Waals surface area contributed by atoms with Gasteiger partial charge in [-0.1, -0.05) is 19.9 Å². The molecule has 0 aromatic rings. The van der Waals surface area contributed by atoms with E-state index in [9.17, 15) is 13.2 Å². The van der Waals surface area contributed by atoms with Crippen LogP contribution in [0.25, 0.3) is 0 Å². The summed E-state index contributed by atoms with van der Waals surface area (Å²) in [6.07, 6.45) is 1.50. The molecular weight excluding hydrogens is 213 g/mol. The van der Waals surface area contributed by atoms with Crippen LogP contribution in [0.4, 0.5) is 13.2 Å². The molecule has 0 saturated carbocycles. The molecule has 0 rings (SSSR count). The Morgan fingerprint density at radius 2 is 1.75 bits per heavy atom. The predicted molar refractivity (Wildman–Crippen MR) is 62.6 cm³/mol. The second-order valence-corrected chi connectivity index (χ2v) is 5.21. The summed E-state index contributed by atoms with van der Waals surface area (Å²) in [6, 6.07) is 0. The van der Waals surface area contributed by atoms with Crippen molar-refractivity contribution < 1.29 is 13.2 Å². The van der Waals surface area contributed by atoms with Crippen molar-refractivity contribution in [1.29, 1.82) is 0 Å². The number of hydrogen-bond acceptors (Lipinski definition) is 0. The lowest BCUT2D eigenvalue weighted by Crippen LogP contribution is -2.22. The van der Waals surface area contributed by atoms with Crippen LogP contribution in [-0.4, -0.2) is 11.6 Å². The van der Waals surface area contributed by atoms with Gasteiger partial charge in [0.2, 0.25) is 0 Å². The summed E-state index contributed by atoms with van der Waals surface area (Å²) in [4.78, 5) is 0. The summed E-state index contributed by atoms with van der Waals surface area (Å²) in [5.41, 5.74) is -1.32. The van der Waals surface area contributed by atoms with E-state index in [1.54, 1.807) is 0 Å². The van der Waals surface area contributed by atoms with Crippen molar-refractivity contribution in [3.63, 3.8) is 0 Å². The summed E-state index contributed by atoms with van der Waals surface area (Å²) in [6.45, 7) is 8.66. The van der Waals surface area contributed by atoms with Crippen LogP contribution in [0.3, 0.4) is 0 Å². The van der Waals surface area contributed by atoms with Crippen molar-refractivity contribution in [3.8, 4) is 0 Å². The van der Waals surface area contributed by atoms with Crippen LogP contribution in [0.5, 0.6) is 0 Å². The molecule has 96 valence electrons. The zero-order chi connectivity index (χ0) is 12.8. The van der Waals surface area contributed by atoms with Crippen LogP contribution >= 0.6 is 0 Å². The fourth-order valence-electron chi connectivity index (χ4n) is 1.98. The van der Waals surface area contributed by atoms with Crippen LogP contribution < -0.4 is 0 Å². The average molecular weight is 236 g/mol. The van der Waals surface area contributed by atoms with E-state index in [1.807, 2.05) is 13.8 Å². The monoisotopic (exact) mass is 236 g/mol. The molecule has 0 nitrogen and oxygen atoms in total. The SMILES string of the molecule is C=CCC(F)(F)CCCC(C)(F)CC(C)C. The van der Waals surface area contributed by atoms with Gasteiger partial charge in [0.25, 0.3) is 5.92 Å². The maximum Gasteiger partial charge on any atom is 0.251 e. The lowest BCUT2D eigenvalue weighted by Gasteiger charge is -2.23. The zero-order valence-electron chi connectivity index (χ0n) is 10.5. The third-order valence-electron chi connectivity index (χ3n) is 2.52. The number of allylic oxidation sites excluding steroid dienone is 1. The maximum atomic E-state index is 13.8. The smallest absolute Gasteiger partial charge is 0.244 e. The van der Waals surface area contributed by atoms with Gasteiger partial charge in [0.1, 0.15) is 5.67 Å². The van der Waals surface area contributed by atoms with E-state index >= 15 is 0 Å². The van der Waals surface area contributed by atoms with E-state index in [1.165, 1.54) is 13.0 Å². The Hall–Kier alpha value is -0.470. The van der Waals surface area contributed by atoms with Crippen molar-refractivity contribution >= 4 is 0 Å². The van der Waals surface area contributed by atoms with Crippen molar-refractivity contribution in [2.24, 2.45) is 5.92 Å². The third-order valence-corrected chi connectivity index (χ3v) is 2.52. The topological polar surface area (TPSA) is 0 Å². The van der Waals surface area contributed by atoms with Crippen LogP contribution in [0, 0.1) is 5.92 Å². The minimum absolute atomic E-state index is 0.206. The molecule has 0 N–H and O–H groups in total. The van der Waals surface area contributed by atoms with E-state index in [4.69, 9.17) is 0 Å². The molecular formula is C13H23F3. The summed E-state index contributed by atoms with van der Waals surface area (Å²) >= 11 is 0. The van der Waals surface area contributed by atoms with Gasteiger partial charge in [-0.2, -0.15) is 0 Å². The minimum atomic E-state index is -2.73. The normalized spacial score (nSPS) is 16.2. The summed E-state index contributed by atoms with van der Waals surface area (Å²) in [7, 11) is 0. The highest BCUT2D eigenvalue weighted by Gasteiger charge is 2.29. The Kier molecular flexibility index (Phi) is 6.13. The lowest BCUT2D eigenvalue weighted by molar-refractivity contribution is -0.0108. The van der Waals surface area contributed by atoms with Gasteiger partial charge in [-0.3, -0.25) is 0 Å². The molecule has 0 heterocycles. The highest BCUT2D eigenvalue weighted by atomic mass is 19.3. The van der Waals surface area contributed by atoms with Crippen molar-refractivity contribution in [2.75, 3.05) is 0 Å². The minimum Gasteiger partial charge on any atom is -0.244 e. The molecule has 0 aliphatic heterocycles. The summed E-state index contributed by atoms with van der Waals surface area (Å²) < 4.78 is 40.0. The van der Waals surface area contributed by atoms with Gasteiger partial charge in [-0.15, -0.1) is 6.58 Å². The van der Waals surface area contributed by atoms with Crippen LogP contribution in [-0.2, 0) is 0 Å². The first-order valence-corrected chi connectivity index (χ1v) is 5.86. The largest absolute Gasteiger partial charge is 0.251 e. The predicted octanol–water partition coefficient (Wildman–Crippen LogP) is 5.14. The number of halogens is 3. The molecule has 0 fully saturated rings. The van der Waals surface area contributed by atoms with Gasteiger partial charge in [0.05, 0.1) is 0 Å². The number of rotatable bonds is 8.